The minimum absolute atomic E-state index is 0.0110. The molecule has 1 atom stereocenters. The molecule has 184 valence electrons. The minimum Gasteiger partial charge on any atom is -0.464 e. The fraction of sp³-hybridized carbons (Fsp3) is 0.158. The maximum Gasteiger partial charge on any atom is 0.423 e. The van der Waals surface area contributed by atoms with Crippen LogP contribution in [0.1, 0.15) is 33.0 Å². The molecule has 2 amide bonds. The molecule has 0 heterocycles. The van der Waals surface area contributed by atoms with E-state index in [4.69, 9.17) is 39.9 Å². The lowest BCUT2D eigenvalue weighted by molar-refractivity contribution is -0.140. The van der Waals surface area contributed by atoms with E-state index in [0.717, 1.165) is 12.1 Å². The summed E-state index contributed by atoms with van der Waals surface area (Å²) in [6, 6.07) is 2.76. The molecule has 0 radical (unpaired) electrons. The van der Waals surface area contributed by atoms with Gasteiger partial charge in [0.1, 0.15) is 11.7 Å². The molecule has 34 heavy (non-hydrogen) atoms. The van der Waals surface area contributed by atoms with Crippen molar-refractivity contribution in [2.45, 2.75) is 18.3 Å². The monoisotopic (exact) mass is 552 g/mol. The predicted octanol–water partition coefficient (Wildman–Crippen LogP) is 7.23. The van der Waals surface area contributed by atoms with E-state index < -0.39 is 58.4 Å². The van der Waals surface area contributed by atoms with E-state index in [0.29, 0.717) is 12.1 Å². The summed E-state index contributed by atoms with van der Waals surface area (Å²) in [7, 11) is 0. The van der Waals surface area contributed by atoms with Crippen molar-refractivity contribution in [3.63, 3.8) is 0 Å². The first kappa shape index (κ1) is 27.5. The summed E-state index contributed by atoms with van der Waals surface area (Å²) in [5, 5.41) is 7.45. The van der Waals surface area contributed by atoms with Gasteiger partial charge in [0.2, 0.25) is 0 Å². The molecular weight excluding hydrogens is 544 g/mol. The summed E-state index contributed by atoms with van der Waals surface area (Å²) < 4.78 is 95.8. The number of amides is 2. The van der Waals surface area contributed by atoms with Crippen LogP contribution in [0, 0.1) is 0 Å². The lowest BCUT2D eigenvalue weighted by atomic mass is 9.95. The van der Waals surface area contributed by atoms with Crippen LogP contribution in [0.15, 0.2) is 36.4 Å². The number of rotatable bonds is 4. The molecule has 0 saturated heterocycles. The second-order valence-corrected chi connectivity index (χ2v) is 7.67. The molecule has 0 aliphatic heterocycles. The Labute approximate surface area is 201 Å². The van der Waals surface area contributed by atoms with E-state index >= 15 is 0 Å². The van der Waals surface area contributed by atoms with Gasteiger partial charge in [-0.3, -0.25) is 10.2 Å². The van der Waals surface area contributed by atoms with Crippen molar-refractivity contribution >= 4 is 52.6 Å². The van der Waals surface area contributed by atoms with Gasteiger partial charge < -0.3 is 5.11 Å². The number of halogens is 10. The molecular formula is C19H10Cl3F7N2O3. The van der Waals surface area contributed by atoms with Crippen LogP contribution in [-0.2, 0) is 6.18 Å². The van der Waals surface area contributed by atoms with E-state index in [2.05, 4.69) is 0 Å². The Bertz CT molecular complexity index is 1130. The van der Waals surface area contributed by atoms with E-state index in [1.165, 1.54) is 10.9 Å². The Hall–Kier alpha value is -2.70. The normalized spacial score (nSPS) is 13.4. The molecule has 2 aromatic rings. The lowest BCUT2D eigenvalue weighted by Crippen LogP contribution is -2.41. The average Bonchev–Trinajstić information content (AvgIpc) is 2.71. The summed E-state index contributed by atoms with van der Waals surface area (Å²) in [5.74, 6) is -5.91. The Balaban J connectivity index is 2.57. The third-order valence-electron chi connectivity index (χ3n) is 4.16. The lowest BCUT2D eigenvalue weighted by Gasteiger charge is -2.19. The van der Waals surface area contributed by atoms with Crippen molar-refractivity contribution in [1.82, 2.24) is 10.9 Å². The van der Waals surface area contributed by atoms with Crippen LogP contribution in [0.4, 0.5) is 35.5 Å². The van der Waals surface area contributed by atoms with Crippen LogP contribution in [0.3, 0.4) is 0 Å². The fourth-order valence-electron chi connectivity index (χ4n) is 2.68. The molecule has 5 nitrogen and oxygen atoms in total. The van der Waals surface area contributed by atoms with E-state index in [-0.39, 0.29) is 27.2 Å². The summed E-state index contributed by atoms with van der Waals surface area (Å²) in [6.07, 6.45) is -12.1. The van der Waals surface area contributed by atoms with E-state index in [1.54, 1.807) is 0 Å². The summed E-state index contributed by atoms with van der Waals surface area (Å²) >= 11 is 17.2. The number of carboxylic acid groups (broad SMARTS) is 1. The predicted molar refractivity (Wildman–Crippen MR) is 109 cm³/mol. The smallest absolute Gasteiger partial charge is 0.423 e. The Morgan fingerprint density at radius 3 is 1.97 bits per heavy atom. The van der Waals surface area contributed by atoms with Crippen molar-refractivity contribution in [3.8, 4) is 0 Å². The van der Waals surface area contributed by atoms with Crippen molar-refractivity contribution in [3.05, 3.63) is 73.7 Å². The number of hydrazine groups is 1. The van der Waals surface area contributed by atoms with Gasteiger partial charge in [-0.2, -0.15) is 26.3 Å². The zero-order chi connectivity index (χ0) is 26.0. The minimum atomic E-state index is -5.24. The number of alkyl halides is 6. The number of hydrogen-bond acceptors (Lipinski definition) is 2. The van der Waals surface area contributed by atoms with Crippen LogP contribution in [0.2, 0.25) is 15.1 Å². The van der Waals surface area contributed by atoms with Crippen LogP contribution in [-0.4, -0.2) is 23.3 Å². The second kappa shape index (κ2) is 10.3. The average molecular weight is 554 g/mol. The number of hydrogen-bond donors (Lipinski definition) is 3. The Morgan fingerprint density at radius 2 is 1.50 bits per heavy atom. The quantitative estimate of drug-likeness (QED) is 0.212. The molecule has 0 aliphatic carbocycles. The van der Waals surface area contributed by atoms with Gasteiger partial charge in [0.05, 0.1) is 26.2 Å². The van der Waals surface area contributed by atoms with Gasteiger partial charge in [0.15, 0.2) is 0 Å². The standard InChI is InChI=1S/C19H10Cl3F7N2O3/c20-12-4-8(5-13(21)15(12)22)10(18(24,25)26)6-14(23)7-1-2-9(11(3-7)19(27,28)29)16(32)30-31-17(33)34/h1-6,10,31H,(H,30,32)(H,33,34). The summed E-state index contributed by atoms with van der Waals surface area (Å²) in [6.45, 7) is 0. The van der Waals surface area contributed by atoms with E-state index in [1.807, 2.05) is 0 Å². The second-order valence-electron chi connectivity index (χ2n) is 6.47. The zero-order valence-corrected chi connectivity index (χ0v) is 18.4. The molecule has 2 aromatic carbocycles. The molecule has 3 N–H and O–H groups in total. The van der Waals surface area contributed by atoms with Crippen molar-refractivity contribution in [1.29, 1.82) is 0 Å². The van der Waals surface area contributed by atoms with Gasteiger partial charge in [-0.05, 0) is 35.9 Å². The van der Waals surface area contributed by atoms with Gasteiger partial charge in [-0.25, -0.2) is 14.6 Å². The highest BCUT2D eigenvalue weighted by molar-refractivity contribution is 6.48. The topological polar surface area (TPSA) is 78.4 Å². The maximum absolute atomic E-state index is 14.7. The van der Waals surface area contributed by atoms with Gasteiger partial charge in [0.25, 0.3) is 5.91 Å². The maximum atomic E-state index is 14.7. The molecule has 0 bridgehead atoms. The Kier molecular flexibility index (Phi) is 8.33. The number of carbonyl (C=O) groups excluding carboxylic acids is 1. The van der Waals surface area contributed by atoms with Crippen LogP contribution in [0.5, 0.6) is 0 Å². The first-order chi connectivity index (χ1) is 15.5. The molecule has 0 fully saturated rings. The van der Waals surface area contributed by atoms with Crippen LogP contribution < -0.4 is 10.9 Å². The fourth-order valence-corrected chi connectivity index (χ4v) is 3.29. The molecule has 0 aromatic heterocycles. The number of benzene rings is 2. The molecule has 0 spiro atoms. The van der Waals surface area contributed by atoms with Gasteiger partial charge in [-0.15, -0.1) is 0 Å². The summed E-state index contributed by atoms with van der Waals surface area (Å²) in [5.41, 5.74) is -1.59. The zero-order valence-electron chi connectivity index (χ0n) is 16.1. The molecule has 0 saturated carbocycles. The molecule has 0 aliphatic rings. The van der Waals surface area contributed by atoms with Gasteiger partial charge in [0, 0.05) is 5.56 Å². The van der Waals surface area contributed by atoms with Gasteiger partial charge in [-0.1, -0.05) is 40.9 Å². The van der Waals surface area contributed by atoms with Crippen LogP contribution >= 0.6 is 34.8 Å². The van der Waals surface area contributed by atoms with Gasteiger partial charge >= 0.3 is 18.4 Å². The van der Waals surface area contributed by atoms with Crippen molar-refractivity contribution in [2.24, 2.45) is 0 Å². The molecule has 1 unspecified atom stereocenters. The SMILES string of the molecule is O=C(O)NNC(=O)c1ccc(C(F)=CC(c2cc(Cl)c(Cl)c(Cl)c2)C(F)(F)F)cc1C(F)(F)F. The van der Waals surface area contributed by atoms with Crippen LogP contribution in [0.25, 0.3) is 5.83 Å². The van der Waals surface area contributed by atoms with E-state index in [9.17, 15) is 40.3 Å². The largest absolute Gasteiger partial charge is 0.464 e. The Morgan fingerprint density at radius 1 is 0.941 bits per heavy atom. The highest BCUT2D eigenvalue weighted by atomic mass is 35.5. The first-order valence-electron chi connectivity index (χ1n) is 8.61. The molecule has 15 heteroatoms. The number of allylic oxidation sites excluding steroid dienone is 1. The van der Waals surface area contributed by atoms with Crippen molar-refractivity contribution in [2.75, 3.05) is 0 Å². The number of carbonyl (C=O) groups is 2. The number of nitrogens with one attached hydrogen (secondary N) is 2. The highest BCUT2D eigenvalue weighted by Gasteiger charge is 2.41. The van der Waals surface area contributed by atoms with Crippen molar-refractivity contribution < 1.29 is 45.4 Å². The third kappa shape index (κ3) is 6.67. The highest BCUT2D eigenvalue weighted by Crippen LogP contribution is 2.42. The summed E-state index contributed by atoms with van der Waals surface area (Å²) in [4.78, 5) is 22.3. The molecule has 2 rings (SSSR count). The third-order valence-corrected chi connectivity index (χ3v) is 5.36. The first-order valence-corrected chi connectivity index (χ1v) is 9.75.